The van der Waals surface area contributed by atoms with Crippen LogP contribution in [0.3, 0.4) is 0 Å². The smallest absolute Gasteiger partial charge is 0.0595 e. The molecule has 4 unspecified atom stereocenters. The Morgan fingerprint density at radius 3 is 2.52 bits per heavy atom. The molecule has 1 fully saturated rings. The summed E-state index contributed by atoms with van der Waals surface area (Å²) in [5.41, 5.74) is 1.28. The molecule has 3 heteroatoms. The van der Waals surface area contributed by atoms with E-state index in [1.165, 1.54) is 24.8 Å². The molecular formula is C18H27Cl2N. The van der Waals surface area contributed by atoms with Crippen LogP contribution < -0.4 is 5.32 Å². The summed E-state index contributed by atoms with van der Waals surface area (Å²) in [4.78, 5) is 0. The zero-order valence-electron chi connectivity index (χ0n) is 13.3. The average Bonchev–Trinajstić information content (AvgIpc) is 2.46. The van der Waals surface area contributed by atoms with E-state index in [4.69, 9.17) is 23.2 Å². The van der Waals surface area contributed by atoms with E-state index in [0.29, 0.717) is 22.0 Å². The van der Waals surface area contributed by atoms with Gasteiger partial charge in [0, 0.05) is 6.04 Å². The highest BCUT2D eigenvalue weighted by atomic mass is 35.5. The van der Waals surface area contributed by atoms with Gasteiger partial charge in [-0.3, -0.25) is 0 Å². The van der Waals surface area contributed by atoms with E-state index < -0.39 is 0 Å². The second-order valence-electron chi connectivity index (χ2n) is 6.63. The van der Waals surface area contributed by atoms with Gasteiger partial charge in [-0.15, -0.1) is 0 Å². The first kappa shape index (κ1) is 17.1. The van der Waals surface area contributed by atoms with Crippen LogP contribution in [0.2, 0.25) is 10.0 Å². The van der Waals surface area contributed by atoms with Crippen molar-refractivity contribution in [2.75, 3.05) is 6.54 Å². The lowest BCUT2D eigenvalue weighted by Crippen LogP contribution is -2.33. The van der Waals surface area contributed by atoms with Crippen molar-refractivity contribution in [2.24, 2.45) is 17.8 Å². The Balaban J connectivity index is 2.19. The third kappa shape index (κ3) is 4.37. The van der Waals surface area contributed by atoms with E-state index in [1.54, 1.807) is 0 Å². The molecule has 1 aliphatic rings. The van der Waals surface area contributed by atoms with Gasteiger partial charge in [0.25, 0.3) is 0 Å². The van der Waals surface area contributed by atoms with Crippen molar-refractivity contribution in [3.05, 3.63) is 33.8 Å². The van der Waals surface area contributed by atoms with Crippen LogP contribution in [0, 0.1) is 17.8 Å². The molecule has 1 aromatic carbocycles. The van der Waals surface area contributed by atoms with Crippen molar-refractivity contribution < 1.29 is 0 Å². The van der Waals surface area contributed by atoms with Gasteiger partial charge >= 0.3 is 0 Å². The second kappa shape index (κ2) is 7.85. The zero-order chi connectivity index (χ0) is 15.4. The monoisotopic (exact) mass is 327 g/mol. The molecule has 1 saturated carbocycles. The lowest BCUT2D eigenvalue weighted by Gasteiger charge is -2.37. The number of rotatable bonds is 5. The van der Waals surface area contributed by atoms with Crippen molar-refractivity contribution >= 4 is 23.2 Å². The van der Waals surface area contributed by atoms with Gasteiger partial charge in [-0.2, -0.15) is 0 Å². The molecule has 1 aromatic rings. The molecule has 0 amide bonds. The molecule has 0 radical (unpaired) electrons. The fourth-order valence-corrected chi connectivity index (χ4v) is 3.76. The quantitative estimate of drug-likeness (QED) is 0.688. The summed E-state index contributed by atoms with van der Waals surface area (Å²) in [6.07, 6.45) is 5.07. The summed E-state index contributed by atoms with van der Waals surface area (Å²) in [6.45, 7) is 8.03. The molecular weight excluding hydrogens is 301 g/mol. The predicted octanol–water partition coefficient (Wildman–Crippen LogP) is 6.11. The van der Waals surface area contributed by atoms with Crippen LogP contribution in [0.15, 0.2) is 18.2 Å². The third-order valence-electron chi connectivity index (χ3n) is 5.03. The number of halogens is 2. The standard InChI is InChI=1S/C18H27Cl2N/c1-4-9-21-18(14-6-5-12(2)13(3)10-14)15-7-8-16(19)17(20)11-15/h7-8,11-14,18,21H,4-6,9-10H2,1-3H3. The number of hydrogen-bond acceptors (Lipinski definition) is 1. The maximum absolute atomic E-state index is 6.22. The summed E-state index contributed by atoms with van der Waals surface area (Å²) in [5, 5.41) is 5.04. The SMILES string of the molecule is CCCNC(c1ccc(Cl)c(Cl)c1)C1CCC(C)C(C)C1. The molecule has 0 aliphatic heterocycles. The highest BCUT2D eigenvalue weighted by Gasteiger charge is 2.30. The molecule has 1 aliphatic carbocycles. The number of nitrogens with one attached hydrogen (secondary N) is 1. The van der Waals surface area contributed by atoms with Crippen molar-refractivity contribution in [2.45, 2.75) is 52.5 Å². The van der Waals surface area contributed by atoms with Gasteiger partial charge in [-0.1, -0.05) is 56.5 Å². The zero-order valence-corrected chi connectivity index (χ0v) is 14.8. The summed E-state index contributed by atoms with van der Waals surface area (Å²) in [6, 6.07) is 6.49. The summed E-state index contributed by atoms with van der Waals surface area (Å²) < 4.78 is 0. The van der Waals surface area contributed by atoms with Crippen LogP contribution in [-0.4, -0.2) is 6.54 Å². The van der Waals surface area contributed by atoms with Gasteiger partial charge < -0.3 is 5.32 Å². The molecule has 4 atom stereocenters. The minimum atomic E-state index is 0.398. The second-order valence-corrected chi connectivity index (χ2v) is 7.45. The fourth-order valence-electron chi connectivity index (χ4n) is 3.45. The maximum Gasteiger partial charge on any atom is 0.0595 e. The largest absolute Gasteiger partial charge is 0.310 e. The lowest BCUT2D eigenvalue weighted by atomic mass is 9.72. The Hall–Kier alpha value is -0.240. The van der Waals surface area contributed by atoms with E-state index in [9.17, 15) is 0 Å². The third-order valence-corrected chi connectivity index (χ3v) is 5.77. The number of hydrogen-bond donors (Lipinski definition) is 1. The molecule has 118 valence electrons. The van der Waals surface area contributed by atoms with Gasteiger partial charge in [-0.25, -0.2) is 0 Å². The molecule has 0 bridgehead atoms. The summed E-state index contributed by atoms with van der Waals surface area (Å²) >= 11 is 12.3. The maximum atomic E-state index is 6.22. The molecule has 0 spiro atoms. The van der Waals surface area contributed by atoms with Crippen molar-refractivity contribution in [1.82, 2.24) is 5.32 Å². The Morgan fingerprint density at radius 1 is 1.14 bits per heavy atom. The average molecular weight is 328 g/mol. The van der Waals surface area contributed by atoms with Crippen LogP contribution in [0.4, 0.5) is 0 Å². The predicted molar refractivity (Wildman–Crippen MR) is 93.2 cm³/mol. The van der Waals surface area contributed by atoms with E-state index in [-0.39, 0.29) is 0 Å². The van der Waals surface area contributed by atoms with E-state index in [1.807, 2.05) is 12.1 Å². The Morgan fingerprint density at radius 2 is 1.90 bits per heavy atom. The van der Waals surface area contributed by atoms with Crippen LogP contribution >= 0.6 is 23.2 Å². The van der Waals surface area contributed by atoms with Gasteiger partial charge in [0.2, 0.25) is 0 Å². The minimum absolute atomic E-state index is 0.398. The molecule has 1 nitrogen and oxygen atoms in total. The minimum Gasteiger partial charge on any atom is -0.310 e. The molecule has 2 rings (SSSR count). The molecule has 1 N–H and O–H groups in total. The van der Waals surface area contributed by atoms with Crippen molar-refractivity contribution in [3.63, 3.8) is 0 Å². The number of benzene rings is 1. The van der Waals surface area contributed by atoms with Gasteiger partial charge in [-0.05, 0) is 61.3 Å². The fraction of sp³-hybridized carbons (Fsp3) is 0.667. The van der Waals surface area contributed by atoms with Gasteiger partial charge in [0.05, 0.1) is 10.0 Å². The molecule has 0 saturated heterocycles. The van der Waals surface area contributed by atoms with E-state index in [0.717, 1.165) is 24.8 Å². The van der Waals surface area contributed by atoms with Crippen molar-refractivity contribution in [3.8, 4) is 0 Å². The van der Waals surface area contributed by atoms with E-state index >= 15 is 0 Å². The molecule has 0 aromatic heterocycles. The Bertz CT molecular complexity index is 461. The highest BCUT2D eigenvalue weighted by Crippen LogP contribution is 2.40. The first-order valence-electron chi connectivity index (χ1n) is 8.21. The van der Waals surface area contributed by atoms with E-state index in [2.05, 4.69) is 32.2 Å². The summed E-state index contributed by atoms with van der Waals surface area (Å²) in [7, 11) is 0. The van der Waals surface area contributed by atoms with Gasteiger partial charge in [0.1, 0.15) is 0 Å². The van der Waals surface area contributed by atoms with Crippen LogP contribution in [0.25, 0.3) is 0 Å². The lowest BCUT2D eigenvalue weighted by molar-refractivity contribution is 0.171. The highest BCUT2D eigenvalue weighted by molar-refractivity contribution is 6.42. The van der Waals surface area contributed by atoms with Gasteiger partial charge in [0.15, 0.2) is 0 Å². The first-order valence-corrected chi connectivity index (χ1v) is 8.96. The van der Waals surface area contributed by atoms with Crippen LogP contribution in [0.5, 0.6) is 0 Å². The Kier molecular flexibility index (Phi) is 6.40. The topological polar surface area (TPSA) is 12.0 Å². The summed E-state index contributed by atoms with van der Waals surface area (Å²) in [5.74, 6) is 2.35. The van der Waals surface area contributed by atoms with Crippen LogP contribution in [-0.2, 0) is 0 Å². The molecule has 21 heavy (non-hydrogen) atoms. The Labute approximate surface area is 139 Å². The molecule has 0 heterocycles. The van der Waals surface area contributed by atoms with Crippen LogP contribution in [0.1, 0.15) is 58.1 Å². The van der Waals surface area contributed by atoms with Crippen molar-refractivity contribution in [1.29, 1.82) is 0 Å². The first-order chi connectivity index (χ1) is 10.0. The normalized spacial score (nSPS) is 27.6.